The highest BCUT2D eigenvalue weighted by atomic mass is 16.4. The summed E-state index contributed by atoms with van der Waals surface area (Å²) in [5.41, 5.74) is 0. The van der Waals surface area contributed by atoms with E-state index in [1.54, 1.807) is 0 Å². The van der Waals surface area contributed by atoms with Crippen LogP contribution >= 0.6 is 0 Å². The normalized spacial score (nSPS) is 19.6. The van der Waals surface area contributed by atoms with Gasteiger partial charge in [0.2, 0.25) is 0 Å². The van der Waals surface area contributed by atoms with Crippen LogP contribution in [-0.2, 0) is 6.54 Å². The van der Waals surface area contributed by atoms with Crippen molar-refractivity contribution in [3.63, 3.8) is 0 Å². The summed E-state index contributed by atoms with van der Waals surface area (Å²) in [6.45, 7) is 3.06. The van der Waals surface area contributed by atoms with E-state index in [4.69, 9.17) is 4.42 Å². The van der Waals surface area contributed by atoms with Gasteiger partial charge in [0.05, 0.1) is 12.7 Å². The van der Waals surface area contributed by atoms with Gasteiger partial charge in [0, 0.05) is 5.92 Å². The minimum absolute atomic E-state index is 0.520. The molecule has 0 aromatic carbocycles. The number of rotatable bonds is 3. The van der Waals surface area contributed by atoms with Gasteiger partial charge in [0.15, 0.2) is 5.89 Å². The molecule has 0 aliphatic carbocycles. The molecule has 15 heavy (non-hydrogen) atoms. The van der Waals surface area contributed by atoms with E-state index in [2.05, 4.69) is 22.2 Å². The second kappa shape index (κ2) is 4.77. The second-order valence-corrected chi connectivity index (χ2v) is 4.27. The van der Waals surface area contributed by atoms with E-state index in [-0.39, 0.29) is 0 Å². The van der Waals surface area contributed by atoms with Crippen LogP contribution in [0.5, 0.6) is 0 Å². The van der Waals surface area contributed by atoms with Crippen molar-refractivity contribution in [1.29, 1.82) is 0 Å². The van der Waals surface area contributed by atoms with E-state index >= 15 is 0 Å². The van der Waals surface area contributed by atoms with Crippen LogP contribution in [0, 0.1) is 0 Å². The van der Waals surface area contributed by atoms with Crippen molar-refractivity contribution in [1.82, 2.24) is 15.2 Å². The summed E-state index contributed by atoms with van der Waals surface area (Å²) < 4.78 is 5.71. The Morgan fingerprint density at radius 3 is 2.93 bits per heavy atom. The first-order chi connectivity index (χ1) is 7.29. The van der Waals surface area contributed by atoms with Crippen molar-refractivity contribution in [2.75, 3.05) is 27.2 Å². The largest absolute Gasteiger partial charge is 0.444 e. The van der Waals surface area contributed by atoms with Gasteiger partial charge in [-0.3, -0.25) is 0 Å². The molecule has 1 aliphatic rings. The summed E-state index contributed by atoms with van der Waals surface area (Å²) in [4.78, 5) is 6.71. The van der Waals surface area contributed by atoms with Crippen LogP contribution in [0.25, 0.3) is 0 Å². The molecular weight excluding hydrogens is 190 g/mol. The average molecular weight is 209 g/mol. The minimum atomic E-state index is 0.520. The molecule has 4 heteroatoms. The summed E-state index contributed by atoms with van der Waals surface area (Å²) in [5, 5.41) is 3.07. The molecule has 1 aliphatic heterocycles. The molecular formula is C11H19N3O. The number of likely N-dealkylation sites (tertiary alicyclic amines) is 1. The molecule has 0 unspecified atom stereocenters. The Kier molecular flexibility index (Phi) is 3.38. The Balaban J connectivity index is 1.96. The smallest absolute Gasteiger partial charge is 0.197 e. The molecule has 1 aromatic rings. The molecule has 0 atom stereocenters. The first-order valence-electron chi connectivity index (χ1n) is 5.57. The lowest BCUT2D eigenvalue weighted by atomic mass is 9.97. The van der Waals surface area contributed by atoms with Crippen LogP contribution in [-0.4, -0.2) is 37.1 Å². The van der Waals surface area contributed by atoms with E-state index < -0.39 is 0 Å². The predicted octanol–water partition coefficient (Wildman–Crippen LogP) is 1.20. The minimum Gasteiger partial charge on any atom is -0.444 e. The monoisotopic (exact) mass is 209 g/mol. The summed E-state index contributed by atoms with van der Waals surface area (Å²) in [6.07, 6.45) is 4.16. The predicted molar refractivity (Wildman–Crippen MR) is 58.7 cm³/mol. The van der Waals surface area contributed by atoms with Gasteiger partial charge in [-0.2, -0.15) is 0 Å². The number of nitrogens with one attached hydrogen (secondary N) is 1. The first-order valence-corrected chi connectivity index (χ1v) is 5.57. The van der Waals surface area contributed by atoms with Crippen LogP contribution in [0.15, 0.2) is 10.6 Å². The van der Waals surface area contributed by atoms with E-state index in [9.17, 15) is 0 Å². The quantitative estimate of drug-likeness (QED) is 0.812. The maximum atomic E-state index is 5.71. The van der Waals surface area contributed by atoms with Crippen molar-refractivity contribution in [2.24, 2.45) is 0 Å². The molecule has 1 fully saturated rings. The van der Waals surface area contributed by atoms with E-state index in [0.29, 0.717) is 5.92 Å². The van der Waals surface area contributed by atoms with Gasteiger partial charge in [-0.1, -0.05) is 0 Å². The third-order valence-corrected chi connectivity index (χ3v) is 2.99. The lowest BCUT2D eigenvalue weighted by Crippen LogP contribution is -2.29. The molecule has 0 radical (unpaired) electrons. The number of hydrogen-bond donors (Lipinski definition) is 1. The van der Waals surface area contributed by atoms with E-state index in [0.717, 1.165) is 44.1 Å². The highest BCUT2D eigenvalue weighted by Gasteiger charge is 2.22. The fraction of sp³-hybridized carbons (Fsp3) is 0.727. The van der Waals surface area contributed by atoms with Crippen LogP contribution in [0.3, 0.4) is 0 Å². The maximum Gasteiger partial charge on any atom is 0.197 e. The second-order valence-electron chi connectivity index (χ2n) is 4.27. The van der Waals surface area contributed by atoms with Gasteiger partial charge in [0.25, 0.3) is 0 Å². The number of nitrogens with zero attached hydrogens (tertiary/aromatic N) is 2. The van der Waals surface area contributed by atoms with Crippen LogP contribution in [0.4, 0.5) is 0 Å². The van der Waals surface area contributed by atoms with Crippen LogP contribution < -0.4 is 5.32 Å². The Labute approximate surface area is 90.7 Å². The molecule has 0 saturated carbocycles. The highest BCUT2D eigenvalue weighted by Crippen LogP contribution is 2.26. The van der Waals surface area contributed by atoms with Crippen molar-refractivity contribution >= 4 is 0 Å². The number of hydrogen-bond acceptors (Lipinski definition) is 4. The molecule has 2 heterocycles. The fourth-order valence-corrected chi connectivity index (χ4v) is 2.02. The van der Waals surface area contributed by atoms with Crippen molar-refractivity contribution in [2.45, 2.75) is 25.3 Å². The van der Waals surface area contributed by atoms with Crippen LogP contribution in [0.1, 0.15) is 30.4 Å². The lowest BCUT2D eigenvalue weighted by molar-refractivity contribution is 0.235. The average Bonchev–Trinajstić information content (AvgIpc) is 2.68. The van der Waals surface area contributed by atoms with Crippen molar-refractivity contribution < 1.29 is 4.42 Å². The van der Waals surface area contributed by atoms with Gasteiger partial charge in [-0.25, -0.2) is 4.98 Å². The molecule has 1 aromatic heterocycles. The summed E-state index contributed by atoms with van der Waals surface area (Å²) in [5.74, 6) is 2.38. The molecule has 0 spiro atoms. The number of aromatic nitrogens is 1. The SMILES string of the molecule is CNCc1cnc(C2CCN(C)CC2)o1. The molecule has 1 saturated heterocycles. The zero-order valence-corrected chi connectivity index (χ0v) is 9.49. The van der Waals surface area contributed by atoms with Crippen molar-refractivity contribution in [3.8, 4) is 0 Å². The zero-order chi connectivity index (χ0) is 10.7. The first kappa shape index (κ1) is 10.6. The lowest BCUT2D eigenvalue weighted by Gasteiger charge is -2.26. The van der Waals surface area contributed by atoms with Gasteiger partial charge in [-0.05, 0) is 40.0 Å². The van der Waals surface area contributed by atoms with Crippen LogP contribution in [0.2, 0.25) is 0 Å². The molecule has 84 valence electrons. The topological polar surface area (TPSA) is 41.3 Å². The maximum absolute atomic E-state index is 5.71. The van der Waals surface area contributed by atoms with Gasteiger partial charge in [0.1, 0.15) is 5.76 Å². The Bertz CT molecular complexity index is 303. The molecule has 4 nitrogen and oxygen atoms in total. The third kappa shape index (κ3) is 2.58. The number of oxazole rings is 1. The zero-order valence-electron chi connectivity index (χ0n) is 9.49. The third-order valence-electron chi connectivity index (χ3n) is 2.99. The molecule has 2 rings (SSSR count). The molecule has 0 bridgehead atoms. The Hall–Kier alpha value is -0.870. The van der Waals surface area contributed by atoms with Gasteiger partial charge < -0.3 is 14.6 Å². The Morgan fingerprint density at radius 2 is 2.27 bits per heavy atom. The van der Waals surface area contributed by atoms with E-state index in [1.165, 1.54) is 0 Å². The molecule has 0 amide bonds. The van der Waals surface area contributed by atoms with Gasteiger partial charge in [-0.15, -0.1) is 0 Å². The highest BCUT2D eigenvalue weighted by molar-refractivity contribution is 5.00. The van der Waals surface area contributed by atoms with Crippen molar-refractivity contribution in [3.05, 3.63) is 17.8 Å². The molecule has 1 N–H and O–H groups in total. The summed E-state index contributed by atoms with van der Waals surface area (Å²) >= 11 is 0. The van der Waals surface area contributed by atoms with Gasteiger partial charge >= 0.3 is 0 Å². The number of piperidine rings is 1. The standard InChI is InChI=1S/C11H19N3O/c1-12-7-10-8-13-11(15-10)9-3-5-14(2)6-4-9/h8-9,12H,3-7H2,1-2H3. The van der Waals surface area contributed by atoms with E-state index in [1.807, 2.05) is 13.2 Å². The summed E-state index contributed by atoms with van der Waals surface area (Å²) in [6, 6.07) is 0. The fourth-order valence-electron chi connectivity index (χ4n) is 2.02. The summed E-state index contributed by atoms with van der Waals surface area (Å²) in [7, 11) is 4.08. The Morgan fingerprint density at radius 1 is 1.53 bits per heavy atom.